The number of carbonyl (C=O) groups is 1. The van der Waals surface area contributed by atoms with Crippen LogP contribution in [-0.2, 0) is 4.79 Å². The number of benzene rings is 1. The topological polar surface area (TPSA) is 58.6 Å². The Morgan fingerprint density at radius 3 is 2.94 bits per heavy atom. The molecule has 2 N–H and O–H groups in total. The maximum Gasteiger partial charge on any atom is 0.304 e. The number of carboxylic acid groups (broad SMARTS) is 1. The van der Waals surface area contributed by atoms with Crippen LogP contribution in [0.1, 0.15) is 37.3 Å². The number of carboxylic acids is 1. The molecule has 0 aromatic heterocycles. The summed E-state index contributed by atoms with van der Waals surface area (Å²) in [7, 11) is 1.66. The molecule has 4 heteroatoms. The van der Waals surface area contributed by atoms with Crippen LogP contribution in [0.25, 0.3) is 0 Å². The van der Waals surface area contributed by atoms with Gasteiger partial charge in [0.1, 0.15) is 5.75 Å². The third-order valence-corrected chi connectivity index (χ3v) is 3.42. The Labute approximate surface area is 107 Å². The van der Waals surface area contributed by atoms with Gasteiger partial charge in [0.05, 0.1) is 13.5 Å². The SMILES string of the molecule is COc1ccccc1C1CCCC(CC(=O)O)N1. The summed E-state index contributed by atoms with van der Waals surface area (Å²) in [5.74, 6) is 0.124. The van der Waals surface area contributed by atoms with Gasteiger partial charge in [-0.3, -0.25) is 4.79 Å². The maximum absolute atomic E-state index is 10.8. The first-order chi connectivity index (χ1) is 8.70. The molecule has 1 heterocycles. The van der Waals surface area contributed by atoms with Crippen LogP contribution in [0.3, 0.4) is 0 Å². The zero-order chi connectivity index (χ0) is 13.0. The summed E-state index contributed by atoms with van der Waals surface area (Å²) in [5.41, 5.74) is 1.12. The Hall–Kier alpha value is -1.55. The molecule has 1 saturated heterocycles. The fraction of sp³-hybridized carbons (Fsp3) is 0.500. The minimum atomic E-state index is -0.742. The van der Waals surface area contributed by atoms with Crippen LogP contribution < -0.4 is 10.1 Å². The van der Waals surface area contributed by atoms with E-state index in [1.165, 1.54) is 0 Å². The number of methoxy groups -OCH3 is 1. The van der Waals surface area contributed by atoms with Crippen molar-refractivity contribution < 1.29 is 14.6 Å². The molecule has 1 aliphatic rings. The van der Waals surface area contributed by atoms with E-state index in [1.54, 1.807) is 7.11 Å². The summed E-state index contributed by atoms with van der Waals surface area (Å²) in [4.78, 5) is 10.8. The van der Waals surface area contributed by atoms with Gasteiger partial charge in [-0.25, -0.2) is 0 Å². The first-order valence-corrected chi connectivity index (χ1v) is 6.31. The number of ether oxygens (including phenoxy) is 1. The predicted molar refractivity (Wildman–Crippen MR) is 68.8 cm³/mol. The molecule has 2 rings (SSSR count). The molecule has 0 aliphatic carbocycles. The van der Waals surface area contributed by atoms with Crippen molar-refractivity contribution in [2.24, 2.45) is 0 Å². The molecule has 18 heavy (non-hydrogen) atoms. The molecule has 0 bridgehead atoms. The molecule has 4 nitrogen and oxygen atoms in total. The fourth-order valence-electron chi connectivity index (χ4n) is 2.59. The highest BCUT2D eigenvalue weighted by molar-refractivity contribution is 5.67. The Kier molecular flexibility index (Phi) is 4.20. The van der Waals surface area contributed by atoms with Crippen LogP contribution in [0.4, 0.5) is 0 Å². The molecule has 1 aliphatic heterocycles. The van der Waals surface area contributed by atoms with Crippen molar-refractivity contribution >= 4 is 5.97 Å². The van der Waals surface area contributed by atoms with Crippen LogP contribution in [0, 0.1) is 0 Å². The van der Waals surface area contributed by atoms with Crippen molar-refractivity contribution in [2.45, 2.75) is 37.8 Å². The smallest absolute Gasteiger partial charge is 0.304 e. The second-order valence-electron chi connectivity index (χ2n) is 4.69. The van der Waals surface area contributed by atoms with Gasteiger partial charge in [-0.1, -0.05) is 18.2 Å². The molecular weight excluding hydrogens is 230 g/mol. The van der Waals surface area contributed by atoms with E-state index in [2.05, 4.69) is 5.32 Å². The average molecular weight is 249 g/mol. The molecule has 98 valence electrons. The van der Waals surface area contributed by atoms with Crippen LogP contribution in [-0.4, -0.2) is 24.2 Å². The lowest BCUT2D eigenvalue weighted by molar-refractivity contribution is -0.137. The van der Waals surface area contributed by atoms with Gasteiger partial charge in [0, 0.05) is 17.6 Å². The number of aliphatic carboxylic acids is 1. The van der Waals surface area contributed by atoms with E-state index in [1.807, 2.05) is 24.3 Å². The maximum atomic E-state index is 10.8. The third-order valence-electron chi connectivity index (χ3n) is 3.42. The van der Waals surface area contributed by atoms with Gasteiger partial charge >= 0.3 is 5.97 Å². The molecule has 1 aromatic rings. The van der Waals surface area contributed by atoms with Crippen molar-refractivity contribution in [1.29, 1.82) is 0 Å². The highest BCUT2D eigenvalue weighted by Gasteiger charge is 2.25. The summed E-state index contributed by atoms with van der Waals surface area (Å²) < 4.78 is 5.36. The highest BCUT2D eigenvalue weighted by Crippen LogP contribution is 2.32. The van der Waals surface area contributed by atoms with Crippen LogP contribution in [0.5, 0.6) is 5.75 Å². The molecule has 0 spiro atoms. The van der Waals surface area contributed by atoms with Gasteiger partial charge < -0.3 is 15.2 Å². The molecule has 0 saturated carbocycles. The zero-order valence-electron chi connectivity index (χ0n) is 10.6. The lowest BCUT2D eigenvalue weighted by Gasteiger charge is -2.31. The molecule has 2 atom stereocenters. The molecular formula is C14H19NO3. The molecule has 0 amide bonds. The predicted octanol–water partition coefficient (Wildman–Crippen LogP) is 2.35. The number of hydrogen-bond acceptors (Lipinski definition) is 3. The standard InChI is InChI=1S/C14H19NO3/c1-18-13-8-3-2-6-11(13)12-7-4-5-10(15-12)9-14(16)17/h2-3,6,8,10,12,15H,4-5,7,9H2,1H3,(H,16,17). The van der Waals surface area contributed by atoms with Crippen LogP contribution in [0.15, 0.2) is 24.3 Å². The van der Waals surface area contributed by atoms with Gasteiger partial charge in [-0.15, -0.1) is 0 Å². The van der Waals surface area contributed by atoms with E-state index in [-0.39, 0.29) is 18.5 Å². The normalized spacial score (nSPS) is 23.6. The Balaban J connectivity index is 2.10. The third kappa shape index (κ3) is 3.01. The monoisotopic (exact) mass is 249 g/mol. The average Bonchev–Trinajstić information content (AvgIpc) is 2.38. The molecule has 0 radical (unpaired) electrons. The second-order valence-corrected chi connectivity index (χ2v) is 4.69. The van der Waals surface area contributed by atoms with E-state index in [0.717, 1.165) is 30.6 Å². The number of para-hydroxylation sites is 1. The van der Waals surface area contributed by atoms with E-state index >= 15 is 0 Å². The summed E-state index contributed by atoms with van der Waals surface area (Å²) in [6.45, 7) is 0. The first-order valence-electron chi connectivity index (χ1n) is 6.31. The van der Waals surface area contributed by atoms with Gasteiger partial charge in [0.25, 0.3) is 0 Å². The Bertz CT molecular complexity index is 419. The largest absolute Gasteiger partial charge is 0.496 e. The lowest BCUT2D eigenvalue weighted by Crippen LogP contribution is -2.38. The Morgan fingerprint density at radius 2 is 2.22 bits per heavy atom. The number of nitrogens with one attached hydrogen (secondary N) is 1. The minimum absolute atomic E-state index is 0.0613. The molecule has 1 fully saturated rings. The van der Waals surface area contributed by atoms with E-state index in [9.17, 15) is 4.79 Å². The summed E-state index contributed by atoms with van der Waals surface area (Å²) in [5, 5.41) is 12.3. The van der Waals surface area contributed by atoms with Crippen molar-refractivity contribution in [1.82, 2.24) is 5.32 Å². The van der Waals surface area contributed by atoms with Gasteiger partial charge in [0.15, 0.2) is 0 Å². The first kappa shape index (κ1) is 12.9. The fourth-order valence-corrected chi connectivity index (χ4v) is 2.59. The van der Waals surface area contributed by atoms with Crippen molar-refractivity contribution in [3.63, 3.8) is 0 Å². The van der Waals surface area contributed by atoms with E-state index < -0.39 is 5.97 Å². The second kappa shape index (κ2) is 5.87. The Morgan fingerprint density at radius 1 is 1.44 bits per heavy atom. The summed E-state index contributed by atoms with van der Waals surface area (Å²) in [6.07, 6.45) is 3.19. The van der Waals surface area contributed by atoms with Crippen LogP contribution in [0.2, 0.25) is 0 Å². The highest BCUT2D eigenvalue weighted by atomic mass is 16.5. The van der Waals surface area contributed by atoms with Crippen molar-refractivity contribution in [3.8, 4) is 5.75 Å². The van der Waals surface area contributed by atoms with Crippen LogP contribution >= 0.6 is 0 Å². The number of rotatable bonds is 4. The van der Waals surface area contributed by atoms with Gasteiger partial charge in [-0.2, -0.15) is 0 Å². The van der Waals surface area contributed by atoms with E-state index in [0.29, 0.717) is 0 Å². The van der Waals surface area contributed by atoms with E-state index in [4.69, 9.17) is 9.84 Å². The minimum Gasteiger partial charge on any atom is -0.496 e. The number of hydrogen-bond donors (Lipinski definition) is 2. The van der Waals surface area contributed by atoms with Gasteiger partial charge in [0.2, 0.25) is 0 Å². The number of piperidine rings is 1. The van der Waals surface area contributed by atoms with Crippen molar-refractivity contribution in [2.75, 3.05) is 7.11 Å². The van der Waals surface area contributed by atoms with Crippen molar-refractivity contribution in [3.05, 3.63) is 29.8 Å². The summed E-state index contributed by atoms with van der Waals surface area (Å²) >= 11 is 0. The quantitative estimate of drug-likeness (QED) is 0.860. The molecule has 1 aromatic carbocycles. The van der Waals surface area contributed by atoms with Gasteiger partial charge in [-0.05, 0) is 25.3 Å². The lowest BCUT2D eigenvalue weighted by atomic mass is 9.92. The summed E-state index contributed by atoms with van der Waals surface area (Å²) in [6, 6.07) is 8.17. The zero-order valence-corrected chi connectivity index (χ0v) is 10.6. The molecule has 2 unspecified atom stereocenters.